The van der Waals surface area contributed by atoms with E-state index in [0.717, 1.165) is 30.2 Å². The lowest BCUT2D eigenvalue weighted by molar-refractivity contribution is 0.514. The van der Waals surface area contributed by atoms with Crippen molar-refractivity contribution in [3.8, 4) is 0 Å². The number of rotatable bonds is 1. The Morgan fingerprint density at radius 1 is 1.09 bits per heavy atom. The monoisotopic (exact) mass is 298 g/mol. The van der Waals surface area contributed by atoms with Gasteiger partial charge in [-0.2, -0.15) is 0 Å². The molecule has 0 amide bonds. The Morgan fingerprint density at radius 2 is 1.95 bits per heavy atom. The SMILES string of the molecule is Cc1ccc2[nH]c3c(c2c1)CCN[C@H]3c1ccc(F)cc1F. The van der Waals surface area contributed by atoms with Crippen molar-refractivity contribution in [1.82, 2.24) is 10.3 Å². The van der Waals surface area contributed by atoms with Crippen LogP contribution in [0.4, 0.5) is 8.78 Å². The Balaban J connectivity index is 1.90. The molecule has 0 spiro atoms. The number of aromatic amines is 1. The van der Waals surface area contributed by atoms with Crippen LogP contribution in [0.5, 0.6) is 0 Å². The lowest BCUT2D eigenvalue weighted by Gasteiger charge is -2.25. The molecular formula is C18H16F2N2. The molecule has 1 aromatic heterocycles. The van der Waals surface area contributed by atoms with Crippen LogP contribution in [0.1, 0.15) is 28.4 Å². The van der Waals surface area contributed by atoms with Crippen LogP contribution in [0.2, 0.25) is 0 Å². The third kappa shape index (κ3) is 2.03. The number of aromatic nitrogens is 1. The molecule has 2 aromatic carbocycles. The van der Waals surface area contributed by atoms with E-state index in [-0.39, 0.29) is 6.04 Å². The molecule has 2 heterocycles. The van der Waals surface area contributed by atoms with Crippen molar-refractivity contribution in [2.45, 2.75) is 19.4 Å². The Hall–Kier alpha value is -2.20. The maximum Gasteiger partial charge on any atom is 0.131 e. The molecule has 0 aliphatic carbocycles. The molecule has 0 radical (unpaired) electrons. The largest absolute Gasteiger partial charge is 0.357 e. The van der Waals surface area contributed by atoms with Gasteiger partial charge in [-0.05, 0) is 37.1 Å². The number of hydrogen-bond acceptors (Lipinski definition) is 1. The van der Waals surface area contributed by atoms with Crippen LogP contribution in [0.15, 0.2) is 36.4 Å². The highest BCUT2D eigenvalue weighted by Crippen LogP contribution is 2.34. The van der Waals surface area contributed by atoms with E-state index in [4.69, 9.17) is 0 Å². The van der Waals surface area contributed by atoms with E-state index < -0.39 is 11.6 Å². The summed E-state index contributed by atoms with van der Waals surface area (Å²) in [5, 5.41) is 4.53. The minimum Gasteiger partial charge on any atom is -0.357 e. The van der Waals surface area contributed by atoms with E-state index in [1.54, 1.807) is 0 Å². The van der Waals surface area contributed by atoms with Gasteiger partial charge >= 0.3 is 0 Å². The first-order chi connectivity index (χ1) is 10.6. The predicted octanol–water partition coefficient (Wildman–Crippen LogP) is 3.99. The average Bonchev–Trinajstić information content (AvgIpc) is 2.85. The second-order valence-electron chi connectivity index (χ2n) is 5.87. The fourth-order valence-electron chi connectivity index (χ4n) is 3.34. The number of hydrogen-bond donors (Lipinski definition) is 2. The van der Waals surface area contributed by atoms with Gasteiger partial charge in [-0.25, -0.2) is 8.78 Å². The first-order valence-electron chi connectivity index (χ1n) is 7.43. The Bertz CT molecular complexity index is 867. The Labute approximate surface area is 127 Å². The molecule has 0 bridgehead atoms. The van der Waals surface area contributed by atoms with Gasteiger partial charge in [0.1, 0.15) is 11.6 Å². The molecule has 1 aliphatic heterocycles. The number of H-pyrrole nitrogens is 1. The third-order valence-corrected chi connectivity index (χ3v) is 4.38. The fourth-order valence-corrected chi connectivity index (χ4v) is 3.34. The number of halogens is 2. The van der Waals surface area contributed by atoms with Gasteiger partial charge in [0, 0.05) is 34.8 Å². The summed E-state index contributed by atoms with van der Waals surface area (Å²) in [5.41, 5.74) is 4.96. The van der Waals surface area contributed by atoms with E-state index in [1.807, 2.05) is 0 Å². The third-order valence-electron chi connectivity index (χ3n) is 4.38. The van der Waals surface area contributed by atoms with Crippen molar-refractivity contribution in [3.05, 3.63) is 70.4 Å². The molecule has 3 aromatic rings. The molecule has 0 saturated heterocycles. The summed E-state index contributed by atoms with van der Waals surface area (Å²) in [4.78, 5) is 3.41. The van der Waals surface area contributed by atoms with E-state index in [0.29, 0.717) is 5.56 Å². The topological polar surface area (TPSA) is 27.8 Å². The molecule has 1 aliphatic rings. The van der Waals surface area contributed by atoms with Crippen molar-refractivity contribution in [2.75, 3.05) is 6.54 Å². The number of aryl methyl sites for hydroxylation is 1. The van der Waals surface area contributed by atoms with Crippen LogP contribution in [-0.4, -0.2) is 11.5 Å². The van der Waals surface area contributed by atoms with Gasteiger partial charge < -0.3 is 10.3 Å². The van der Waals surface area contributed by atoms with Gasteiger partial charge in [-0.1, -0.05) is 17.7 Å². The van der Waals surface area contributed by atoms with Crippen molar-refractivity contribution >= 4 is 10.9 Å². The van der Waals surface area contributed by atoms with Gasteiger partial charge in [-0.3, -0.25) is 0 Å². The molecule has 112 valence electrons. The second kappa shape index (κ2) is 4.92. The number of fused-ring (bicyclic) bond motifs is 3. The summed E-state index contributed by atoms with van der Waals surface area (Å²) >= 11 is 0. The minimum atomic E-state index is -0.551. The first kappa shape index (κ1) is 13.5. The van der Waals surface area contributed by atoms with Crippen molar-refractivity contribution in [1.29, 1.82) is 0 Å². The molecule has 0 fully saturated rings. The van der Waals surface area contributed by atoms with Crippen molar-refractivity contribution in [3.63, 3.8) is 0 Å². The van der Waals surface area contributed by atoms with Crippen LogP contribution in [-0.2, 0) is 6.42 Å². The molecule has 2 nitrogen and oxygen atoms in total. The second-order valence-corrected chi connectivity index (χ2v) is 5.87. The molecule has 4 rings (SSSR count). The van der Waals surface area contributed by atoms with Gasteiger partial charge in [0.15, 0.2) is 0 Å². The van der Waals surface area contributed by atoms with E-state index in [1.165, 1.54) is 28.6 Å². The summed E-state index contributed by atoms with van der Waals surface area (Å²) in [6.07, 6.45) is 0.901. The van der Waals surface area contributed by atoms with E-state index >= 15 is 0 Å². The van der Waals surface area contributed by atoms with Crippen LogP contribution in [0.3, 0.4) is 0 Å². The van der Waals surface area contributed by atoms with Crippen molar-refractivity contribution in [2.24, 2.45) is 0 Å². The lowest BCUT2D eigenvalue weighted by atomic mass is 9.94. The molecule has 1 atom stereocenters. The van der Waals surface area contributed by atoms with Gasteiger partial charge in [0.25, 0.3) is 0 Å². The van der Waals surface area contributed by atoms with Crippen LogP contribution in [0.25, 0.3) is 10.9 Å². The summed E-state index contributed by atoms with van der Waals surface area (Å²) in [6, 6.07) is 9.78. The Kier molecular flexibility index (Phi) is 3.01. The van der Waals surface area contributed by atoms with Crippen LogP contribution < -0.4 is 5.32 Å². The highest BCUT2D eigenvalue weighted by molar-refractivity contribution is 5.86. The van der Waals surface area contributed by atoms with Crippen molar-refractivity contribution < 1.29 is 8.78 Å². The highest BCUT2D eigenvalue weighted by Gasteiger charge is 2.27. The molecule has 0 unspecified atom stereocenters. The smallest absolute Gasteiger partial charge is 0.131 e. The summed E-state index contributed by atoms with van der Waals surface area (Å²) in [6.45, 7) is 2.84. The van der Waals surface area contributed by atoms with Gasteiger partial charge in [0.05, 0.1) is 6.04 Å². The Morgan fingerprint density at radius 3 is 2.77 bits per heavy atom. The number of benzene rings is 2. The molecule has 22 heavy (non-hydrogen) atoms. The predicted molar refractivity (Wildman–Crippen MR) is 82.9 cm³/mol. The zero-order valence-electron chi connectivity index (χ0n) is 12.2. The van der Waals surface area contributed by atoms with Crippen LogP contribution >= 0.6 is 0 Å². The summed E-state index contributed by atoms with van der Waals surface area (Å²) < 4.78 is 27.3. The number of nitrogens with one attached hydrogen (secondary N) is 2. The summed E-state index contributed by atoms with van der Waals surface area (Å²) in [5.74, 6) is -1.07. The normalized spacial score (nSPS) is 17.7. The average molecular weight is 298 g/mol. The maximum absolute atomic E-state index is 14.2. The zero-order chi connectivity index (χ0) is 15.3. The molecular weight excluding hydrogens is 282 g/mol. The summed E-state index contributed by atoms with van der Waals surface area (Å²) in [7, 11) is 0. The standard InChI is InChI=1S/C18H16F2N2/c1-10-2-5-16-14(8-10)12-6-7-21-17(18(12)22-16)13-4-3-11(19)9-15(13)20/h2-5,8-9,17,21-22H,6-7H2,1H3/t17-/m0/s1. The van der Waals surface area contributed by atoms with Gasteiger partial charge in [0.2, 0.25) is 0 Å². The first-order valence-corrected chi connectivity index (χ1v) is 7.43. The van der Waals surface area contributed by atoms with E-state index in [9.17, 15) is 8.78 Å². The molecule has 0 saturated carbocycles. The molecule has 4 heteroatoms. The van der Waals surface area contributed by atoms with E-state index in [2.05, 4.69) is 35.4 Å². The maximum atomic E-state index is 14.2. The zero-order valence-corrected chi connectivity index (χ0v) is 12.2. The minimum absolute atomic E-state index is 0.267. The fraction of sp³-hybridized carbons (Fsp3) is 0.222. The lowest BCUT2D eigenvalue weighted by Crippen LogP contribution is -2.31. The quantitative estimate of drug-likeness (QED) is 0.698. The van der Waals surface area contributed by atoms with Gasteiger partial charge in [-0.15, -0.1) is 0 Å². The molecule has 2 N–H and O–H groups in total. The van der Waals surface area contributed by atoms with Crippen LogP contribution in [0, 0.1) is 18.6 Å². The highest BCUT2D eigenvalue weighted by atomic mass is 19.1.